The molecule has 89 heavy (non-hydrogen) atoms. The number of rotatable bonds is 8. The lowest BCUT2D eigenvalue weighted by atomic mass is 9.21. The highest BCUT2D eigenvalue weighted by Gasteiger charge is 2.73. The lowest BCUT2D eigenvalue weighted by Gasteiger charge is -2.71. The number of aliphatic imine (C=N–C) groups is 1. The molecule has 0 aromatic heterocycles. The summed E-state index contributed by atoms with van der Waals surface area (Å²) in [6, 6.07) is 84.5. The highest BCUT2D eigenvalue weighted by molar-refractivity contribution is 6.79. The van der Waals surface area contributed by atoms with Gasteiger partial charge in [0.2, 0.25) is 0 Å². The maximum atomic E-state index is 16.8. The van der Waals surface area contributed by atoms with Gasteiger partial charge in [-0.2, -0.15) is 13.2 Å². The molecule has 9 fully saturated rings. The Morgan fingerprint density at radius 3 is 1.36 bits per heavy atom. The zero-order valence-corrected chi connectivity index (χ0v) is 50.9. The van der Waals surface area contributed by atoms with Crippen molar-refractivity contribution < 1.29 is 13.2 Å². The summed E-state index contributed by atoms with van der Waals surface area (Å²) in [5.41, 5.74) is 14.1. The molecule has 448 valence electrons. The SMILES string of the molecule is FC(F)(F)C1CC2B(c3c(-c4ccccc4)cc(-c4ccccc4)cc3-c3ccccc3)C3CC4C5CC(c6ccccc6)C(c6ccccc6)CC5C5CCC6C(C54)C3N(C3=NC4CC(c5ccccc5)C(c5ccccc5)CC4N36)C2C2CCCCC21. The first kappa shape index (κ1) is 54.8. The molecule has 3 aliphatic heterocycles. The van der Waals surface area contributed by atoms with Gasteiger partial charge in [-0.1, -0.05) is 237 Å². The molecule has 0 amide bonds. The highest BCUT2D eigenvalue weighted by Crippen LogP contribution is 2.73. The second-order valence-electron chi connectivity index (χ2n) is 29.5. The van der Waals surface area contributed by atoms with E-state index in [-0.39, 0.29) is 54.9 Å². The minimum absolute atomic E-state index is 0.0612. The Morgan fingerprint density at radius 1 is 0.371 bits per heavy atom. The van der Waals surface area contributed by atoms with Crippen molar-refractivity contribution in [3.8, 4) is 33.4 Å². The molecule has 7 heteroatoms. The molecule has 3 heterocycles. The molecule has 0 radical (unpaired) electrons. The predicted octanol–water partition coefficient (Wildman–Crippen LogP) is 19.0. The van der Waals surface area contributed by atoms with E-state index in [1.165, 1.54) is 57.6 Å². The van der Waals surface area contributed by atoms with Gasteiger partial charge in [-0.05, 0) is 202 Å². The third-order valence-electron chi connectivity index (χ3n) is 26.1. The first-order valence-electron chi connectivity index (χ1n) is 34.6. The number of nitrogens with zero attached hydrogens (tertiary/aromatic N) is 3. The zero-order chi connectivity index (χ0) is 59.1. The third-order valence-corrected chi connectivity index (χ3v) is 26.1. The number of halogens is 3. The lowest BCUT2D eigenvalue weighted by Crippen LogP contribution is -2.79. The Bertz CT molecular complexity index is 3810. The molecule has 20 atom stereocenters. The number of benzene rings is 8. The van der Waals surface area contributed by atoms with Gasteiger partial charge >= 0.3 is 6.18 Å². The van der Waals surface area contributed by atoms with Crippen molar-refractivity contribution in [2.75, 3.05) is 0 Å². The average molecular weight is 1180 g/mol. The van der Waals surface area contributed by atoms with Crippen LogP contribution in [0, 0.1) is 53.3 Å². The van der Waals surface area contributed by atoms with Crippen LogP contribution in [0.3, 0.4) is 0 Å². The number of guanidine groups is 1. The summed E-state index contributed by atoms with van der Waals surface area (Å²) in [5.74, 6) is 3.83. The van der Waals surface area contributed by atoms with Crippen LogP contribution in [-0.2, 0) is 0 Å². The average Bonchev–Trinajstić information content (AvgIpc) is 1.66. The molecule has 0 N–H and O–H groups in total. The first-order chi connectivity index (χ1) is 43.8. The van der Waals surface area contributed by atoms with Crippen LogP contribution >= 0.6 is 0 Å². The summed E-state index contributed by atoms with van der Waals surface area (Å²) in [7, 11) is 0. The normalized spacial score (nSPS) is 35.5. The molecule has 7 saturated carbocycles. The van der Waals surface area contributed by atoms with E-state index in [1.807, 2.05) is 0 Å². The fourth-order valence-electron chi connectivity index (χ4n) is 23.3. The third kappa shape index (κ3) is 8.82. The van der Waals surface area contributed by atoms with E-state index >= 15 is 13.2 Å². The van der Waals surface area contributed by atoms with Crippen molar-refractivity contribution >= 4 is 18.1 Å². The van der Waals surface area contributed by atoms with Crippen LogP contribution in [0.5, 0.6) is 0 Å². The lowest BCUT2D eigenvalue weighted by molar-refractivity contribution is -0.214. The zero-order valence-electron chi connectivity index (χ0n) is 50.9. The molecule has 8 aromatic carbocycles. The van der Waals surface area contributed by atoms with Gasteiger partial charge in [0.25, 0.3) is 0 Å². The second-order valence-corrected chi connectivity index (χ2v) is 29.5. The summed E-state index contributed by atoms with van der Waals surface area (Å²) >= 11 is 0. The van der Waals surface area contributed by atoms with E-state index in [1.54, 1.807) is 0 Å². The van der Waals surface area contributed by atoms with Crippen LogP contribution in [0.1, 0.15) is 123 Å². The molecular formula is C82H81BF3N3. The molecule has 0 spiro atoms. The van der Waals surface area contributed by atoms with Crippen molar-refractivity contribution in [1.82, 2.24) is 9.80 Å². The number of hydrogen-bond acceptors (Lipinski definition) is 3. The van der Waals surface area contributed by atoms with Crippen molar-refractivity contribution in [3.05, 3.63) is 247 Å². The highest BCUT2D eigenvalue weighted by atomic mass is 19.4. The Balaban J connectivity index is 0.882. The van der Waals surface area contributed by atoms with Gasteiger partial charge in [-0.3, -0.25) is 0 Å². The van der Waals surface area contributed by atoms with Crippen molar-refractivity contribution in [3.63, 3.8) is 0 Å². The Hall–Kier alpha value is -7.12. The van der Waals surface area contributed by atoms with Gasteiger partial charge in [0.05, 0.1) is 18.0 Å². The van der Waals surface area contributed by atoms with Crippen LogP contribution in [-0.4, -0.2) is 58.9 Å². The molecule has 20 unspecified atom stereocenters. The van der Waals surface area contributed by atoms with E-state index in [9.17, 15) is 0 Å². The van der Waals surface area contributed by atoms with Crippen LogP contribution < -0.4 is 5.46 Å². The van der Waals surface area contributed by atoms with Crippen molar-refractivity contribution in [1.29, 1.82) is 0 Å². The van der Waals surface area contributed by atoms with Crippen LogP contribution in [0.2, 0.25) is 11.6 Å². The van der Waals surface area contributed by atoms with Crippen LogP contribution in [0.25, 0.3) is 33.4 Å². The Labute approximate surface area is 525 Å². The second kappa shape index (κ2) is 21.8. The monoisotopic (exact) mass is 1180 g/mol. The number of fused-ring (bicyclic) bond motifs is 12. The van der Waals surface area contributed by atoms with Gasteiger partial charge in [0.15, 0.2) is 12.7 Å². The van der Waals surface area contributed by atoms with E-state index in [0.717, 1.165) is 73.6 Å². The summed E-state index contributed by atoms with van der Waals surface area (Å²) in [6.07, 6.45) is 7.08. The number of hydrogen-bond donors (Lipinski definition) is 0. The van der Waals surface area contributed by atoms with Gasteiger partial charge in [-0.15, -0.1) is 0 Å². The largest absolute Gasteiger partial charge is 0.392 e. The molecule has 10 aliphatic rings. The fraction of sp³-hybridized carbons (Fsp3) is 0.402. The van der Waals surface area contributed by atoms with Crippen molar-refractivity contribution in [2.45, 2.75) is 149 Å². The molecule has 3 nitrogen and oxygen atoms in total. The molecule has 18 rings (SSSR count). The van der Waals surface area contributed by atoms with Gasteiger partial charge in [0.1, 0.15) is 0 Å². The summed E-state index contributed by atoms with van der Waals surface area (Å²) in [4.78, 5) is 12.3. The maximum Gasteiger partial charge on any atom is 0.392 e. The minimum atomic E-state index is -4.30. The smallest absolute Gasteiger partial charge is 0.337 e. The van der Waals surface area contributed by atoms with Gasteiger partial charge in [-0.25, -0.2) is 4.99 Å². The van der Waals surface area contributed by atoms with Crippen LogP contribution in [0.4, 0.5) is 13.2 Å². The quantitative estimate of drug-likeness (QED) is 0.141. The van der Waals surface area contributed by atoms with Gasteiger partial charge in [0, 0.05) is 24.0 Å². The predicted molar refractivity (Wildman–Crippen MR) is 355 cm³/mol. The van der Waals surface area contributed by atoms with Crippen LogP contribution in [0.15, 0.2) is 229 Å². The standard InChI is InChI=1S/C82H81BF3N3/c84-82(85,86)70-49-72-79(60-39-23-22-38-58(60)70)89-80-71(83(72)78-65(55-34-18-6-19-35-55)42-57(50-24-8-1-9-25-50)43-66(78)56-36-20-7-21-37-56)46-69-68-45-62(52-28-12-3-13-29-52)61(51-26-10-2-11-27-51)44-67(68)59-40-41-74(77(80)76(59)69)88-75-48-64(54-32-16-5-17-33-54)63(47-73(75)87-81(88)89)53-30-14-4-15-31-53/h1-21,24-37,42-43,58-64,67-77,79-80H,22-23,38-41,44-49H2. The molecule has 8 aromatic rings. The number of alkyl halides is 3. The topological polar surface area (TPSA) is 18.8 Å². The van der Waals surface area contributed by atoms with Gasteiger partial charge < -0.3 is 9.80 Å². The minimum Gasteiger partial charge on any atom is -0.337 e. The molecule has 2 saturated heterocycles. The maximum absolute atomic E-state index is 16.8. The fourth-order valence-corrected chi connectivity index (χ4v) is 23.3. The van der Waals surface area contributed by atoms with E-state index in [4.69, 9.17) is 4.99 Å². The van der Waals surface area contributed by atoms with E-state index in [0.29, 0.717) is 71.6 Å². The molecule has 0 bridgehead atoms. The molecular weight excluding hydrogens is 1090 g/mol. The Morgan fingerprint density at radius 2 is 0.831 bits per heavy atom. The van der Waals surface area contributed by atoms with Crippen molar-refractivity contribution in [2.24, 2.45) is 58.3 Å². The summed E-state index contributed by atoms with van der Waals surface area (Å²) < 4.78 is 50.5. The summed E-state index contributed by atoms with van der Waals surface area (Å²) in [6.45, 7) is -0.114. The van der Waals surface area contributed by atoms with E-state index in [2.05, 4.69) is 234 Å². The molecule has 7 aliphatic carbocycles. The Kier molecular flexibility index (Phi) is 13.4. The summed E-state index contributed by atoms with van der Waals surface area (Å²) in [5, 5.41) is 0. The first-order valence-corrected chi connectivity index (χ1v) is 34.6. The van der Waals surface area contributed by atoms with E-state index < -0.39 is 18.0 Å².